The minimum atomic E-state index is -1.51. The number of para-hydroxylation sites is 1. The molecule has 4 atom stereocenters. The zero-order chi connectivity index (χ0) is 30.5. The molecule has 0 fully saturated rings. The molecule has 4 unspecified atom stereocenters. The topological polar surface area (TPSA) is 241 Å². The van der Waals surface area contributed by atoms with E-state index in [0.29, 0.717) is 11.3 Å². The molecular weight excluding hydrogens is 558 g/mol. The zero-order valence-electron chi connectivity index (χ0n) is 22.4. The van der Waals surface area contributed by atoms with E-state index in [4.69, 9.17) is 15.9 Å². The summed E-state index contributed by atoms with van der Waals surface area (Å²) in [6, 6.07) is 2.14. The van der Waals surface area contributed by atoms with Crippen molar-refractivity contribution in [3.63, 3.8) is 0 Å². The van der Waals surface area contributed by atoms with Crippen molar-refractivity contribution in [2.45, 2.75) is 62.7 Å². The minimum Gasteiger partial charge on any atom is -0.481 e. The van der Waals surface area contributed by atoms with E-state index in [-0.39, 0.29) is 32.1 Å². The number of hydrogen-bond donors (Lipinski definition) is 8. The lowest BCUT2D eigenvalue weighted by molar-refractivity contribution is -0.143. The number of nitrogens with one attached hydrogen (secondary N) is 4. The van der Waals surface area contributed by atoms with Crippen LogP contribution in [0.5, 0.6) is 0 Å². The van der Waals surface area contributed by atoms with Gasteiger partial charge >= 0.3 is 17.9 Å². The molecule has 2 rings (SSSR count). The first-order chi connectivity index (χ1) is 19.4. The van der Waals surface area contributed by atoms with Crippen molar-refractivity contribution in [2.24, 2.45) is 5.73 Å². The molecule has 0 aliphatic rings. The smallest absolute Gasteiger partial charge is 0.326 e. The molecule has 1 aromatic carbocycles. The molecule has 0 spiro atoms. The van der Waals surface area contributed by atoms with Gasteiger partial charge in [0.2, 0.25) is 17.7 Å². The van der Waals surface area contributed by atoms with E-state index in [1.54, 1.807) is 18.5 Å². The second-order valence-corrected chi connectivity index (χ2v) is 10.3. The molecule has 14 nitrogen and oxygen atoms in total. The highest BCUT2D eigenvalue weighted by molar-refractivity contribution is 7.98. The Labute approximate surface area is 239 Å². The Bertz CT molecular complexity index is 1250. The van der Waals surface area contributed by atoms with Crippen LogP contribution in [-0.2, 0) is 35.2 Å². The van der Waals surface area contributed by atoms with E-state index >= 15 is 0 Å². The van der Waals surface area contributed by atoms with E-state index in [1.807, 2.05) is 18.2 Å². The minimum absolute atomic E-state index is 0.0474. The first-order valence-corrected chi connectivity index (χ1v) is 14.2. The number of aliphatic carboxylic acids is 3. The number of nitrogens with two attached hydrogens (primary N) is 1. The highest BCUT2D eigenvalue weighted by Crippen LogP contribution is 2.19. The normalized spacial score (nSPS) is 13.9. The van der Waals surface area contributed by atoms with Crippen LogP contribution in [0.1, 0.15) is 37.7 Å². The molecule has 0 radical (unpaired) electrons. The lowest BCUT2D eigenvalue weighted by atomic mass is 10.0. The average Bonchev–Trinajstić information content (AvgIpc) is 3.33. The molecular formula is C26H35N5O9S. The van der Waals surface area contributed by atoms with E-state index < -0.39 is 66.2 Å². The Morgan fingerprint density at radius 3 is 2.05 bits per heavy atom. The number of benzene rings is 1. The van der Waals surface area contributed by atoms with Crippen LogP contribution in [0.3, 0.4) is 0 Å². The summed E-state index contributed by atoms with van der Waals surface area (Å²) in [4.78, 5) is 75.8. The van der Waals surface area contributed by atoms with Crippen LogP contribution in [0.15, 0.2) is 30.5 Å². The fraction of sp³-hybridized carbons (Fsp3) is 0.462. The Morgan fingerprint density at radius 1 is 0.829 bits per heavy atom. The van der Waals surface area contributed by atoms with E-state index in [0.717, 1.165) is 10.9 Å². The Hall–Kier alpha value is -4.11. The second kappa shape index (κ2) is 16.2. The monoisotopic (exact) mass is 593 g/mol. The predicted octanol–water partition coefficient (Wildman–Crippen LogP) is 0.0594. The number of aromatic nitrogens is 1. The van der Waals surface area contributed by atoms with Crippen molar-refractivity contribution in [3.05, 3.63) is 36.0 Å². The number of amides is 3. The Morgan fingerprint density at radius 2 is 1.41 bits per heavy atom. The molecule has 0 saturated carbocycles. The summed E-state index contributed by atoms with van der Waals surface area (Å²) in [7, 11) is 0. The molecule has 0 aliphatic heterocycles. The quantitative estimate of drug-likeness (QED) is 0.115. The summed E-state index contributed by atoms with van der Waals surface area (Å²) in [5.74, 6) is -5.65. The number of H-pyrrole nitrogens is 1. The molecule has 1 aromatic heterocycles. The standard InChI is InChI=1S/C26H35N5O9S/c1-41-11-10-18(29-23(36)16(27)6-8-21(32)33)24(37)31-20(12-14-13-28-17-5-3-2-4-15(14)17)25(38)30-19(26(39)40)7-9-22(34)35/h2-5,13,16,18-20,28H,6-12,27H2,1H3,(H,29,36)(H,30,38)(H,31,37)(H,32,33)(H,34,35)(H,39,40). The first-order valence-electron chi connectivity index (χ1n) is 12.8. The van der Waals surface area contributed by atoms with Gasteiger partial charge in [0.25, 0.3) is 0 Å². The van der Waals surface area contributed by atoms with Crippen molar-refractivity contribution >= 4 is 58.3 Å². The predicted molar refractivity (Wildman–Crippen MR) is 150 cm³/mol. The van der Waals surface area contributed by atoms with Gasteiger partial charge < -0.3 is 42.0 Å². The van der Waals surface area contributed by atoms with Crippen LogP contribution in [0.2, 0.25) is 0 Å². The third-order valence-electron chi connectivity index (χ3n) is 6.24. The van der Waals surface area contributed by atoms with Gasteiger partial charge in [-0.2, -0.15) is 11.8 Å². The van der Waals surface area contributed by atoms with Crippen LogP contribution < -0.4 is 21.7 Å². The van der Waals surface area contributed by atoms with Gasteiger partial charge in [0, 0.05) is 36.4 Å². The number of rotatable bonds is 18. The van der Waals surface area contributed by atoms with Crippen molar-refractivity contribution in [1.82, 2.24) is 20.9 Å². The molecule has 1 heterocycles. The highest BCUT2D eigenvalue weighted by Gasteiger charge is 2.31. The largest absolute Gasteiger partial charge is 0.481 e. The number of carbonyl (C=O) groups is 6. The maximum Gasteiger partial charge on any atom is 0.326 e. The number of carboxylic acids is 3. The molecule has 3 amide bonds. The van der Waals surface area contributed by atoms with Crippen LogP contribution in [-0.4, -0.2) is 92.1 Å². The number of aromatic amines is 1. The van der Waals surface area contributed by atoms with Gasteiger partial charge in [-0.1, -0.05) is 18.2 Å². The van der Waals surface area contributed by atoms with Crippen LogP contribution in [0, 0.1) is 0 Å². The SMILES string of the molecule is CSCCC(NC(=O)C(N)CCC(=O)O)C(=O)NC(Cc1c[nH]c2ccccc12)C(=O)NC(CCC(=O)O)C(=O)O. The van der Waals surface area contributed by atoms with Crippen LogP contribution in [0.25, 0.3) is 10.9 Å². The summed E-state index contributed by atoms with van der Waals surface area (Å²) in [5, 5.41) is 35.5. The van der Waals surface area contributed by atoms with Crippen molar-refractivity contribution in [2.75, 3.05) is 12.0 Å². The van der Waals surface area contributed by atoms with Crippen molar-refractivity contribution < 1.29 is 44.1 Å². The maximum absolute atomic E-state index is 13.4. The lowest BCUT2D eigenvalue weighted by Crippen LogP contribution is -2.57. The van der Waals surface area contributed by atoms with Crippen LogP contribution in [0.4, 0.5) is 0 Å². The fourth-order valence-electron chi connectivity index (χ4n) is 3.99. The Balaban J connectivity index is 2.29. The molecule has 15 heteroatoms. The molecule has 0 bridgehead atoms. The first kappa shape index (κ1) is 33.1. The Kier molecular flexibility index (Phi) is 13.1. The van der Waals surface area contributed by atoms with E-state index in [1.165, 1.54) is 11.8 Å². The number of hydrogen-bond acceptors (Lipinski definition) is 8. The van der Waals surface area contributed by atoms with Gasteiger partial charge in [0.15, 0.2) is 0 Å². The van der Waals surface area contributed by atoms with Gasteiger partial charge in [-0.05, 0) is 42.9 Å². The van der Waals surface area contributed by atoms with Crippen molar-refractivity contribution in [1.29, 1.82) is 0 Å². The third-order valence-corrected chi connectivity index (χ3v) is 6.89. The molecule has 2 aromatic rings. The number of thioether (sulfide) groups is 1. The van der Waals surface area contributed by atoms with Gasteiger partial charge in [-0.15, -0.1) is 0 Å². The van der Waals surface area contributed by atoms with E-state index in [2.05, 4.69) is 20.9 Å². The summed E-state index contributed by atoms with van der Waals surface area (Å²) in [6.45, 7) is 0. The van der Waals surface area contributed by atoms with Gasteiger partial charge in [0.05, 0.1) is 6.04 Å². The fourth-order valence-corrected chi connectivity index (χ4v) is 4.46. The molecule has 9 N–H and O–H groups in total. The van der Waals surface area contributed by atoms with Gasteiger partial charge in [0.1, 0.15) is 18.1 Å². The number of carboxylic acid groups (broad SMARTS) is 3. The maximum atomic E-state index is 13.4. The average molecular weight is 594 g/mol. The number of fused-ring (bicyclic) bond motifs is 1. The summed E-state index contributed by atoms with van der Waals surface area (Å²) >= 11 is 1.41. The molecule has 0 saturated heterocycles. The third kappa shape index (κ3) is 10.8. The van der Waals surface area contributed by atoms with Gasteiger partial charge in [-0.3, -0.25) is 24.0 Å². The molecule has 41 heavy (non-hydrogen) atoms. The second-order valence-electron chi connectivity index (χ2n) is 9.34. The van der Waals surface area contributed by atoms with Crippen LogP contribution >= 0.6 is 11.8 Å². The summed E-state index contributed by atoms with van der Waals surface area (Å²) in [6.07, 6.45) is 2.23. The zero-order valence-corrected chi connectivity index (χ0v) is 23.2. The van der Waals surface area contributed by atoms with Crippen molar-refractivity contribution in [3.8, 4) is 0 Å². The number of carbonyl (C=O) groups excluding carboxylic acids is 3. The van der Waals surface area contributed by atoms with Gasteiger partial charge in [-0.25, -0.2) is 4.79 Å². The van der Waals surface area contributed by atoms with E-state index in [9.17, 15) is 33.9 Å². The highest BCUT2D eigenvalue weighted by atomic mass is 32.2. The molecule has 224 valence electrons. The summed E-state index contributed by atoms with van der Waals surface area (Å²) in [5.41, 5.74) is 7.22. The molecule has 0 aliphatic carbocycles. The lowest BCUT2D eigenvalue weighted by Gasteiger charge is -2.25. The summed E-state index contributed by atoms with van der Waals surface area (Å²) < 4.78 is 0.